The van der Waals surface area contributed by atoms with E-state index in [1.807, 2.05) is 31.9 Å². The molecule has 1 aliphatic heterocycles. The normalized spacial score (nSPS) is 13.8. The van der Waals surface area contributed by atoms with Crippen molar-refractivity contribution >= 4 is 29.5 Å². The van der Waals surface area contributed by atoms with Crippen LogP contribution < -0.4 is 11.1 Å². The first-order chi connectivity index (χ1) is 11.4. The van der Waals surface area contributed by atoms with E-state index in [9.17, 15) is 14.4 Å². The Bertz CT molecular complexity index is 762. The second kappa shape index (κ2) is 7.99. The lowest BCUT2D eigenvalue weighted by molar-refractivity contribution is -0.118. The van der Waals surface area contributed by atoms with Gasteiger partial charge in [0.05, 0.1) is 10.6 Å². The number of benzene rings is 1. The molecule has 0 unspecified atom stereocenters. The number of primary amides is 1. The summed E-state index contributed by atoms with van der Waals surface area (Å²) in [5, 5.41) is 3.55. The lowest BCUT2D eigenvalue weighted by Gasteiger charge is -2.10. The Hall–Kier alpha value is -2.30. The van der Waals surface area contributed by atoms with Gasteiger partial charge in [0, 0.05) is 17.7 Å². The Morgan fingerprint density at radius 2 is 2.04 bits per heavy atom. The van der Waals surface area contributed by atoms with Gasteiger partial charge in [-0.2, -0.15) is 0 Å². The fourth-order valence-electron chi connectivity index (χ4n) is 2.42. The molecule has 24 heavy (non-hydrogen) atoms. The van der Waals surface area contributed by atoms with Crippen LogP contribution in [0.4, 0.5) is 0 Å². The van der Waals surface area contributed by atoms with Crippen LogP contribution in [0.15, 0.2) is 34.4 Å². The molecule has 0 saturated carbocycles. The molecule has 2 amide bonds. The molecule has 1 aromatic rings. The van der Waals surface area contributed by atoms with Gasteiger partial charge in [-0.1, -0.05) is 6.07 Å². The van der Waals surface area contributed by atoms with E-state index in [1.165, 1.54) is 11.8 Å². The van der Waals surface area contributed by atoms with Gasteiger partial charge in [0.15, 0.2) is 0 Å². The summed E-state index contributed by atoms with van der Waals surface area (Å²) >= 11 is 1.40. The number of nitrogens with two attached hydrogens (primary N) is 1. The minimum Gasteiger partial charge on any atom is -0.370 e. The van der Waals surface area contributed by atoms with E-state index in [0.29, 0.717) is 34.8 Å². The van der Waals surface area contributed by atoms with Crippen LogP contribution >= 0.6 is 11.8 Å². The molecule has 0 spiro atoms. The maximum atomic E-state index is 12.4. The van der Waals surface area contributed by atoms with Crippen molar-refractivity contribution in [3.05, 3.63) is 51.1 Å². The zero-order valence-electron chi connectivity index (χ0n) is 13.8. The first kappa shape index (κ1) is 18.0. The number of carbonyl (C=O) groups is 2. The number of aryl methyl sites for hydroxylation is 2. The van der Waals surface area contributed by atoms with Crippen LogP contribution in [-0.2, 0) is 9.59 Å². The van der Waals surface area contributed by atoms with Crippen molar-refractivity contribution in [1.29, 1.82) is 0 Å². The molecule has 126 valence electrons. The molecule has 0 atom stereocenters. The SMILES string of the molecule is Cc1ccc(C(=O)NC2=C(CCCC(N)=O)C(=C=O)CS2)cc1C. The average molecular weight is 344 g/mol. The predicted molar refractivity (Wildman–Crippen MR) is 95.1 cm³/mol. The van der Waals surface area contributed by atoms with Gasteiger partial charge in [-0.15, -0.1) is 11.8 Å². The van der Waals surface area contributed by atoms with Crippen LogP contribution in [0.25, 0.3) is 0 Å². The molecule has 0 saturated heterocycles. The van der Waals surface area contributed by atoms with Gasteiger partial charge >= 0.3 is 0 Å². The average Bonchev–Trinajstić information content (AvgIpc) is 2.91. The maximum Gasteiger partial charge on any atom is 0.256 e. The summed E-state index contributed by atoms with van der Waals surface area (Å²) in [7, 11) is 0. The number of rotatable bonds is 6. The predicted octanol–water partition coefficient (Wildman–Crippen LogP) is 2.41. The molecule has 1 aromatic carbocycles. The highest BCUT2D eigenvalue weighted by molar-refractivity contribution is 8.03. The van der Waals surface area contributed by atoms with E-state index < -0.39 is 0 Å². The molecule has 0 bridgehead atoms. The summed E-state index contributed by atoms with van der Waals surface area (Å²) in [4.78, 5) is 34.4. The molecule has 0 fully saturated rings. The zero-order valence-corrected chi connectivity index (χ0v) is 14.6. The second-order valence-corrected chi connectivity index (χ2v) is 6.74. The third-order valence-corrected chi connectivity index (χ3v) is 5.04. The number of allylic oxidation sites excluding steroid dienone is 1. The fraction of sp³-hybridized carbons (Fsp3) is 0.333. The van der Waals surface area contributed by atoms with Crippen molar-refractivity contribution in [2.24, 2.45) is 5.73 Å². The minimum absolute atomic E-state index is 0.208. The molecule has 2 rings (SSSR count). The van der Waals surface area contributed by atoms with Crippen molar-refractivity contribution in [1.82, 2.24) is 5.32 Å². The van der Waals surface area contributed by atoms with E-state index in [0.717, 1.165) is 16.7 Å². The van der Waals surface area contributed by atoms with E-state index in [4.69, 9.17) is 5.73 Å². The molecule has 1 heterocycles. The summed E-state index contributed by atoms with van der Waals surface area (Å²) in [5.41, 5.74) is 9.19. The van der Waals surface area contributed by atoms with Crippen LogP contribution in [0.1, 0.15) is 40.7 Å². The van der Waals surface area contributed by atoms with E-state index in [1.54, 1.807) is 6.07 Å². The Morgan fingerprint density at radius 1 is 1.29 bits per heavy atom. The van der Waals surface area contributed by atoms with E-state index in [2.05, 4.69) is 5.32 Å². The van der Waals surface area contributed by atoms with Gasteiger partial charge in [0.2, 0.25) is 5.91 Å². The third kappa shape index (κ3) is 4.37. The van der Waals surface area contributed by atoms with Crippen molar-refractivity contribution in [3.8, 4) is 0 Å². The molecule has 5 nitrogen and oxygen atoms in total. The topological polar surface area (TPSA) is 89.3 Å². The Labute approximate surface area is 145 Å². The minimum atomic E-state index is -0.376. The first-order valence-electron chi connectivity index (χ1n) is 7.69. The van der Waals surface area contributed by atoms with Gasteiger partial charge in [-0.3, -0.25) is 9.59 Å². The molecule has 1 aliphatic rings. The number of hydrogen-bond donors (Lipinski definition) is 2. The van der Waals surface area contributed by atoms with Crippen molar-refractivity contribution in [3.63, 3.8) is 0 Å². The molecule has 0 radical (unpaired) electrons. The highest BCUT2D eigenvalue weighted by Crippen LogP contribution is 2.35. The number of amides is 2. The van der Waals surface area contributed by atoms with Crippen LogP contribution in [0.2, 0.25) is 0 Å². The highest BCUT2D eigenvalue weighted by Gasteiger charge is 2.23. The standard InChI is InChI=1S/C18H20N2O3S/c1-11-6-7-13(8-12(11)2)17(23)20-18-15(4-3-5-16(19)22)14(9-21)10-24-18/h6-8H,3-5,10H2,1-2H3,(H2,19,22)(H,20,23). The quantitative estimate of drug-likeness (QED) is 0.776. The zero-order chi connectivity index (χ0) is 17.7. The molecule has 3 N–H and O–H groups in total. The maximum absolute atomic E-state index is 12.4. The summed E-state index contributed by atoms with van der Waals surface area (Å²) in [6.07, 6.45) is 1.31. The smallest absolute Gasteiger partial charge is 0.256 e. The molecule has 6 heteroatoms. The van der Waals surface area contributed by atoms with E-state index >= 15 is 0 Å². The van der Waals surface area contributed by atoms with Crippen molar-refractivity contribution in [2.75, 3.05) is 5.75 Å². The number of thioether (sulfide) groups is 1. The van der Waals surface area contributed by atoms with Crippen LogP contribution in [0.5, 0.6) is 0 Å². The Balaban J connectivity index is 2.17. The van der Waals surface area contributed by atoms with Gasteiger partial charge in [0.25, 0.3) is 5.91 Å². The van der Waals surface area contributed by atoms with Gasteiger partial charge < -0.3 is 11.1 Å². The lowest BCUT2D eigenvalue weighted by Crippen LogP contribution is -2.22. The monoisotopic (exact) mass is 344 g/mol. The molecule has 0 aliphatic carbocycles. The van der Waals surface area contributed by atoms with Crippen molar-refractivity contribution < 1.29 is 14.4 Å². The highest BCUT2D eigenvalue weighted by atomic mass is 32.2. The van der Waals surface area contributed by atoms with Gasteiger partial charge in [0.1, 0.15) is 5.94 Å². The first-order valence-corrected chi connectivity index (χ1v) is 8.68. The number of nitrogens with one attached hydrogen (secondary N) is 1. The van der Waals surface area contributed by atoms with Crippen LogP contribution in [-0.4, -0.2) is 23.5 Å². The summed E-state index contributed by atoms with van der Waals surface area (Å²) in [5.74, 6) is 1.83. The van der Waals surface area contributed by atoms with Crippen LogP contribution in [0.3, 0.4) is 0 Å². The molecular formula is C18H20N2O3S. The molecule has 0 aromatic heterocycles. The summed E-state index contributed by atoms with van der Waals surface area (Å²) in [6.45, 7) is 3.95. The summed E-state index contributed by atoms with van der Waals surface area (Å²) < 4.78 is 0. The van der Waals surface area contributed by atoms with Crippen LogP contribution in [0, 0.1) is 13.8 Å². The number of carbonyl (C=O) groups excluding carboxylic acids is 3. The third-order valence-electron chi connectivity index (χ3n) is 3.97. The lowest BCUT2D eigenvalue weighted by atomic mass is 10.0. The fourth-order valence-corrected chi connectivity index (χ4v) is 3.51. The Kier molecular flexibility index (Phi) is 6.01. The Morgan fingerprint density at radius 3 is 2.67 bits per heavy atom. The van der Waals surface area contributed by atoms with Gasteiger partial charge in [-0.05, 0) is 55.5 Å². The van der Waals surface area contributed by atoms with E-state index in [-0.39, 0.29) is 18.2 Å². The summed E-state index contributed by atoms with van der Waals surface area (Å²) in [6, 6.07) is 5.53. The van der Waals surface area contributed by atoms with Gasteiger partial charge in [-0.25, -0.2) is 4.79 Å². The van der Waals surface area contributed by atoms with Crippen molar-refractivity contribution in [2.45, 2.75) is 33.1 Å². The second-order valence-electron chi connectivity index (χ2n) is 5.75. The largest absolute Gasteiger partial charge is 0.370 e. The number of hydrogen-bond acceptors (Lipinski definition) is 4. The molecular weight excluding hydrogens is 324 g/mol.